The van der Waals surface area contributed by atoms with Crippen molar-refractivity contribution in [3.63, 3.8) is 0 Å². The fourth-order valence-corrected chi connectivity index (χ4v) is 4.42. The maximum Gasteiger partial charge on any atom is 0.233 e. The van der Waals surface area contributed by atoms with Gasteiger partial charge in [0.2, 0.25) is 5.90 Å². The molecule has 2 aromatic carbocycles. The number of thioether (sulfide) groups is 1. The Hall–Kier alpha value is -2.46. The Kier molecular flexibility index (Phi) is 5.87. The number of ether oxygens (including phenoxy) is 1. The van der Waals surface area contributed by atoms with Gasteiger partial charge in [0.1, 0.15) is 12.3 Å². The molecular weight excluding hydrogens is 364 g/mol. The third-order valence-electron chi connectivity index (χ3n) is 5.03. The van der Waals surface area contributed by atoms with Crippen molar-refractivity contribution in [1.29, 1.82) is 0 Å². The van der Waals surface area contributed by atoms with Gasteiger partial charge in [0.25, 0.3) is 0 Å². The average molecular weight is 391 g/mol. The van der Waals surface area contributed by atoms with Crippen LogP contribution in [0.1, 0.15) is 27.9 Å². The molecule has 3 aromatic rings. The maximum absolute atomic E-state index is 5.96. The highest BCUT2D eigenvalue weighted by Crippen LogP contribution is 2.20. The van der Waals surface area contributed by atoms with Gasteiger partial charge in [-0.1, -0.05) is 54.1 Å². The zero-order valence-electron chi connectivity index (χ0n) is 16.5. The number of nitrogens with zero attached hydrogens (tertiary/aromatic N) is 2. The molecule has 0 unspecified atom stereocenters. The van der Waals surface area contributed by atoms with Crippen LogP contribution >= 0.6 is 11.8 Å². The summed E-state index contributed by atoms with van der Waals surface area (Å²) >= 11 is 1.92. The molecule has 0 spiro atoms. The van der Waals surface area contributed by atoms with Crippen LogP contribution in [-0.2, 0) is 17.0 Å². The second kappa shape index (κ2) is 8.70. The fourth-order valence-electron chi connectivity index (χ4n) is 3.43. The third kappa shape index (κ3) is 4.50. The average Bonchev–Trinajstić information content (AvgIpc) is 3.35. The van der Waals surface area contributed by atoms with Crippen molar-refractivity contribution in [2.75, 3.05) is 12.4 Å². The van der Waals surface area contributed by atoms with Gasteiger partial charge in [0.05, 0.1) is 6.04 Å². The van der Waals surface area contributed by atoms with E-state index in [1.54, 1.807) is 0 Å². The standard InChI is InChI=1S/C24H26N2OS/c1-18-10-11-19(2)21(13-18)14-26-12-6-9-23(26)24-25-22(15-27-24)17-28-16-20-7-4-3-5-8-20/h3-13,22H,14-17H2,1-2H3/t22-/m1/s1. The number of aromatic nitrogens is 1. The molecule has 0 amide bonds. The highest BCUT2D eigenvalue weighted by atomic mass is 32.2. The Morgan fingerprint density at radius 3 is 2.79 bits per heavy atom. The minimum Gasteiger partial charge on any atom is -0.474 e. The molecule has 0 radical (unpaired) electrons. The third-order valence-corrected chi connectivity index (χ3v) is 6.19. The minimum absolute atomic E-state index is 0.229. The van der Waals surface area contributed by atoms with E-state index in [2.05, 4.69) is 85.3 Å². The summed E-state index contributed by atoms with van der Waals surface area (Å²) in [5.74, 6) is 2.78. The lowest BCUT2D eigenvalue weighted by Crippen LogP contribution is -2.11. The van der Waals surface area contributed by atoms with Crippen molar-refractivity contribution in [3.05, 3.63) is 94.8 Å². The molecule has 2 heterocycles. The molecule has 1 aromatic heterocycles. The van der Waals surface area contributed by atoms with E-state index in [-0.39, 0.29) is 6.04 Å². The van der Waals surface area contributed by atoms with Crippen LogP contribution in [0, 0.1) is 13.8 Å². The summed E-state index contributed by atoms with van der Waals surface area (Å²) in [6.07, 6.45) is 2.11. The van der Waals surface area contributed by atoms with E-state index in [0.29, 0.717) is 6.61 Å². The molecule has 0 saturated heterocycles. The van der Waals surface area contributed by atoms with Gasteiger partial charge in [-0.3, -0.25) is 0 Å². The Balaban J connectivity index is 1.40. The van der Waals surface area contributed by atoms with E-state index in [4.69, 9.17) is 9.73 Å². The highest BCUT2D eigenvalue weighted by molar-refractivity contribution is 7.98. The summed E-state index contributed by atoms with van der Waals surface area (Å²) in [5.41, 5.74) is 6.37. The Morgan fingerprint density at radius 2 is 1.93 bits per heavy atom. The molecule has 3 nitrogen and oxygen atoms in total. The highest BCUT2D eigenvalue weighted by Gasteiger charge is 2.22. The first-order valence-electron chi connectivity index (χ1n) is 9.73. The van der Waals surface area contributed by atoms with Gasteiger partial charge < -0.3 is 9.30 Å². The molecule has 0 N–H and O–H groups in total. The van der Waals surface area contributed by atoms with E-state index in [0.717, 1.165) is 29.6 Å². The largest absolute Gasteiger partial charge is 0.474 e. The first-order valence-corrected chi connectivity index (χ1v) is 10.9. The molecule has 144 valence electrons. The van der Waals surface area contributed by atoms with Crippen molar-refractivity contribution in [2.24, 2.45) is 4.99 Å². The lowest BCUT2D eigenvalue weighted by molar-refractivity contribution is 0.323. The monoisotopic (exact) mass is 390 g/mol. The van der Waals surface area contributed by atoms with Gasteiger partial charge in [-0.15, -0.1) is 0 Å². The predicted octanol–water partition coefficient (Wildman–Crippen LogP) is 5.23. The molecule has 1 aliphatic rings. The molecule has 1 aliphatic heterocycles. The van der Waals surface area contributed by atoms with Gasteiger partial charge in [0.15, 0.2) is 0 Å². The van der Waals surface area contributed by atoms with E-state index in [1.165, 1.54) is 22.3 Å². The van der Waals surface area contributed by atoms with Crippen LogP contribution in [-0.4, -0.2) is 28.9 Å². The summed E-state index contributed by atoms with van der Waals surface area (Å²) < 4.78 is 8.20. The van der Waals surface area contributed by atoms with Gasteiger partial charge in [0, 0.05) is 24.2 Å². The minimum atomic E-state index is 0.229. The van der Waals surface area contributed by atoms with E-state index < -0.39 is 0 Å². The first-order chi connectivity index (χ1) is 13.7. The Bertz CT molecular complexity index is 962. The van der Waals surface area contributed by atoms with E-state index >= 15 is 0 Å². The van der Waals surface area contributed by atoms with E-state index in [1.807, 2.05) is 11.8 Å². The Morgan fingerprint density at radius 1 is 1.07 bits per heavy atom. The fraction of sp³-hybridized carbons (Fsp3) is 0.292. The smallest absolute Gasteiger partial charge is 0.233 e. The molecule has 0 bridgehead atoms. The van der Waals surface area contributed by atoms with Crippen LogP contribution in [0.3, 0.4) is 0 Å². The molecule has 1 atom stereocenters. The SMILES string of the molecule is Cc1ccc(C)c(Cn2cccc2C2=N[C@@H](CSCc3ccccc3)CO2)c1. The number of aryl methyl sites for hydroxylation is 2. The number of hydrogen-bond acceptors (Lipinski definition) is 3. The number of benzene rings is 2. The summed E-state index contributed by atoms with van der Waals surface area (Å²) in [5, 5.41) is 0. The van der Waals surface area contributed by atoms with Crippen LogP contribution < -0.4 is 0 Å². The van der Waals surface area contributed by atoms with Crippen molar-refractivity contribution < 1.29 is 4.74 Å². The van der Waals surface area contributed by atoms with Crippen LogP contribution in [0.15, 0.2) is 71.9 Å². The topological polar surface area (TPSA) is 26.5 Å². The molecule has 0 aliphatic carbocycles. The molecule has 0 fully saturated rings. The summed E-state index contributed by atoms with van der Waals surface area (Å²) in [7, 11) is 0. The van der Waals surface area contributed by atoms with Crippen LogP contribution in [0.2, 0.25) is 0 Å². The van der Waals surface area contributed by atoms with Crippen molar-refractivity contribution in [2.45, 2.75) is 32.2 Å². The normalized spacial score (nSPS) is 16.1. The summed E-state index contributed by atoms with van der Waals surface area (Å²) in [6.45, 7) is 5.82. The summed E-state index contributed by atoms with van der Waals surface area (Å²) in [4.78, 5) is 4.86. The van der Waals surface area contributed by atoms with Crippen molar-refractivity contribution in [1.82, 2.24) is 4.57 Å². The molecule has 4 rings (SSSR count). The van der Waals surface area contributed by atoms with Crippen LogP contribution in [0.25, 0.3) is 0 Å². The van der Waals surface area contributed by atoms with Crippen LogP contribution in [0.5, 0.6) is 0 Å². The Labute approximate surface area is 171 Å². The van der Waals surface area contributed by atoms with Gasteiger partial charge >= 0.3 is 0 Å². The lowest BCUT2D eigenvalue weighted by atomic mass is 10.1. The molecule has 0 saturated carbocycles. The zero-order chi connectivity index (χ0) is 19.3. The summed E-state index contributed by atoms with van der Waals surface area (Å²) in [6, 6.07) is 21.6. The molecule has 28 heavy (non-hydrogen) atoms. The molecular formula is C24H26N2OS. The first kappa shape index (κ1) is 18.9. The van der Waals surface area contributed by atoms with Gasteiger partial charge in [-0.05, 0) is 42.7 Å². The number of rotatable bonds is 7. The number of hydrogen-bond donors (Lipinski definition) is 0. The van der Waals surface area contributed by atoms with Crippen LogP contribution in [0.4, 0.5) is 0 Å². The van der Waals surface area contributed by atoms with E-state index in [9.17, 15) is 0 Å². The second-order valence-electron chi connectivity index (χ2n) is 7.35. The second-order valence-corrected chi connectivity index (χ2v) is 8.38. The maximum atomic E-state index is 5.96. The quantitative estimate of drug-likeness (QED) is 0.552. The van der Waals surface area contributed by atoms with Gasteiger partial charge in [-0.25, -0.2) is 4.99 Å². The van der Waals surface area contributed by atoms with Gasteiger partial charge in [-0.2, -0.15) is 11.8 Å². The van der Waals surface area contributed by atoms with Crippen molar-refractivity contribution >= 4 is 17.7 Å². The molecule has 4 heteroatoms. The lowest BCUT2D eigenvalue weighted by Gasteiger charge is -2.12. The zero-order valence-corrected chi connectivity index (χ0v) is 17.3. The number of aliphatic imine (C=N–C) groups is 1. The van der Waals surface area contributed by atoms with Crippen molar-refractivity contribution in [3.8, 4) is 0 Å². The predicted molar refractivity (Wildman–Crippen MR) is 118 cm³/mol.